The van der Waals surface area contributed by atoms with Gasteiger partial charge < -0.3 is 29.7 Å². The summed E-state index contributed by atoms with van der Waals surface area (Å²) in [5.74, 6) is 1.34. The highest BCUT2D eigenvalue weighted by Crippen LogP contribution is 2.59. The van der Waals surface area contributed by atoms with Gasteiger partial charge in [-0.2, -0.15) is 13.2 Å². The lowest BCUT2D eigenvalue weighted by Gasteiger charge is -2.33. The largest absolute Gasteiger partial charge is 0.477 e. The van der Waals surface area contributed by atoms with Crippen molar-refractivity contribution in [3.05, 3.63) is 48.2 Å². The number of nitrogens with one attached hydrogen (secondary N) is 2. The van der Waals surface area contributed by atoms with Crippen molar-refractivity contribution < 1.29 is 26.9 Å². The smallest absolute Gasteiger partial charge is 0.394 e. The van der Waals surface area contributed by atoms with Crippen LogP contribution in [-0.2, 0) is 14.8 Å². The first-order valence-corrected chi connectivity index (χ1v) is 15.6. The Bertz CT molecular complexity index is 1580. The summed E-state index contributed by atoms with van der Waals surface area (Å²) in [6.07, 6.45) is 0.134. The molecule has 1 saturated carbocycles. The van der Waals surface area contributed by atoms with Gasteiger partial charge in [0.2, 0.25) is 5.88 Å². The van der Waals surface area contributed by atoms with E-state index in [1.54, 1.807) is 42.6 Å². The number of alkyl halides is 3. The average Bonchev–Trinajstić information content (AvgIpc) is 3.51. The summed E-state index contributed by atoms with van der Waals surface area (Å²) in [6.45, 7) is 5.40. The van der Waals surface area contributed by atoms with Gasteiger partial charge in [-0.15, -0.1) is 15.7 Å². The number of hydrogen-bond acceptors (Lipinski definition) is 10. The number of ether oxygens (including phenoxy) is 1. The molecule has 1 atom stereocenters. The maximum absolute atomic E-state index is 13.2. The number of primary amides is 1. The lowest BCUT2D eigenvalue weighted by molar-refractivity contribution is -0.190. The molecule has 4 N–H and O–H groups in total. The van der Waals surface area contributed by atoms with Gasteiger partial charge in [0.15, 0.2) is 5.82 Å². The van der Waals surface area contributed by atoms with Crippen LogP contribution in [0.2, 0.25) is 0 Å². The minimum atomic E-state index is -4.23. The fraction of sp³-hybridized carbons (Fsp3) is 0.517. The van der Waals surface area contributed by atoms with Crippen LogP contribution >= 0.6 is 0 Å². The van der Waals surface area contributed by atoms with E-state index in [0.29, 0.717) is 36.5 Å². The molecule has 15 heteroatoms. The Kier molecular flexibility index (Phi) is 8.78. The lowest BCUT2D eigenvalue weighted by atomic mass is 9.93. The van der Waals surface area contributed by atoms with E-state index in [-0.39, 0.29) is 47.9 Å². The van der Waals surface area contributed by atoms with E-state index >= 15 is 0 Å². The van der Waals surface area contributed by atoms with Crippen molar-refractivity contribution in [3.63, 3.8) is 0 Å². The van der Waals surface area contributed by atoms with Crippen molar-refractivity contribution in [2.45, 2.75) is 69.1 Å². The maximum Gasteiger partial charge on any atom is 0.394 e. The van der Waals surface area contributed by atoms with Crippen molar-refractivity contribution in [1.82, 2.24) is 19.7 Å². The number of nitrogens with zero attached hydrogens (tertiary/aromatic N) is 5. The van der Waals surface area contributed by atoms with E-state index in [1.807, 2.05) is 0 Å². The molecule has 0 bridgehead atoms. The zero-order valence-corrected chi connectivity index (χ0v) is 25.4. The molecule has 4 heterocycles. The number of halogens is 3. The van der Waals surface area contributed by atoms with Crippen molar-refractivity contribution in [3.8, 4) is 11.7 Å². The lowest BCUT2D eigenvalue weighted by Crippen LogP contribution is -2.40. The monoisotopic (exact) mass is 633 g/mol. The molecular formula is C29H36F3N8O3S-. The summed E-state index contributed by atoms with van der Waals surface area (Å²) >= 11 is 0. The molecule has 1 unspecified atom stereocenters. The molecule has 2 fully saturated rings. The van der Waals surface area contributed by atoms with Crippen LogP contribution in [0.4, 0.5) is 24.8 Å². The molecule has 3 aromatic heterocycles. The number of pyridine rings is 2. The first-order valence-electron chi connectivity index (χ1n) is 14.5. The van der Waals surface area contributed by atoms with Gasteiger partial charge in [-0.25, -0.2) is 9.67 Å². The van der Waals surface area contributed by atoms with Gasteiger partial charge in [-0.05, 0) is 81.5 Å². The molecule has 0 aromatic carbocycles. The number of rotatable bonds is 13. The van der Waals surface area contributed by atoms with Crippen LogP contribution in [0, 0.1) is 16.1 Å². The molecule has 1 aliphatic heterocycles. The van der Waals surface area contributed by atoms with Crippen LogP contribution in [0.1, 0.15) is 62.7 Å². The standard InChI is InChI=1S/C29H36F3N8O3S/c1-27(2)17-19(5-4-14-35-21-6-3-7-24(36-21)44(34)42)18-39(27)26-20(25(33)41)8-9-22(37-26)40-15-10-23(38-40)43-16-13-28(11-12-28)29(30,31)32/h3,6-10,15,19,34H,4-5,11-14,16-18H2,1-2H3,(H2,33,41)(H,35,36)/q-1. The van der Waals surface area contributed by atoms with Crippen molar-refractivity contribution >= 4 is 28.1 Å². The number of nitrogens with two attached hydrogens (primary N) is 1. The predicted molar refractivity (Wildman–Crippen MR) is 158 cm³/mol. The molecule has 3 aromatic rings. The molecule has 0 radical (unpaired) electrons. The van der Waals surface area contributed by atoms with E-state index < -0.39 is 28.1 Å². The zero-order valence-electron chi connectivity index (χ0n) is 24.6. The van der Waals surface area contributed by atoms with Crippen LogP contribution in [0.3, 0.4) is 0 Å². The summed E-state index contributed by atoms with van der Waals surface area (Å²) in [4.78, 5) is 23.5. The Morgan fingerprint density at radius 3 is 2.66 bits per heavy atom. The third-order valence-electron chi connectivity index (χ3n) is 8.43. The van der Waals surface area contributed by atoms with Crippen LogP contribution in [0.5, 0.6) is 5.88 Å². The fourth-order valence-corrected chi connectivity index (χ4v) is 6.21. The Morgan fingerprint density at radius 2 is 1.98 bits per heavy atom. The van der Waals surface area contributed by atoms with Gasteiger partial charge in [0.25, 0.3) is 5.91 Å². The first-order chi connectivity index (χ1) is 20.8. The number of hydrogen-bond donors (Lipinski definition) is 3. The molecule has 238 valence electrons. The second kappa shape index (κ2) is 12.3. The van der Waals surface area contributed by atoms with Crippen LogP contribution in [-0.4, -0.2) is 57.1 Å². The highest BCUT2D eigenvalue weighted by Gasteiger charge is 2.62. The van der Waals surface area contributed by atoms with Crippen LogP contribution in [0.25, 0.3) is 5.82 Å². The van der Waals surface area contributed by atoms with Crippen molar-refractivity contribution in [2.24, 2.45) is 17.1 Å². The Morgan fingerprint density at radius 1 is 1.20 bits per heavy atom. The minimum absolute atomic E-state index is 0.0936. The van der Waals surface area contributed by atoms with E-state index in [1.165, 1.54) is 4.68 Å². The topological polar surface area (TPSA) is 152 Å². The number of aromatic nitrogens is 4. The summed E-state index contributed by atoms with van der Waals surface area (Å²) in [5.41, 5.74) is 4.06. The van der Waals surface area contributed by atoms with Gasteiger partial charge in [-0.1, -0.05) is 12.1 Å². The fourth-order valence-electron chi connectivity index (χ4n) is 5.83. The average molecular weight is 634 g/mol. The van der Waals surface area contributed by atoms with Gasteiger partial charge in [-0.3, -0.25) is 9.78 Å². The molecule has 11 nitrogen and oxygen atoms in total. The van der Waals surface area contributed by atoms with E-state index in [0.717, 1.165) is 19.3 Å². The molecule has 1 amide bonds. The SMILES string of the molecule is CC1(C)CC(CCCNc2cccc([S-](=N)=O)n2)CN1c1nc(-n2ccc(OCCC3(C(F)(F)F)CC3)n2)ccc1C(N)=O. The summed E-state index contributed by atoms with van der Waals surface area (Å²) in [7, 11) is -1.89. The van der Waals surface area contributed by atoms with E-state index in [9.17, 15) is 22.2 Å². The van der Waals surface area contributed by atoms with Gasteiger partial charge in [0.1, 0.15) is 11.6 Å². The quantitative estimate of drug-likeness (QED) is 0.166. The summed E-state index contributed by atoms with van der Waals surface area (Å²) < 4.78 is 65.4. The Labute approximate surface area is 255 Å². The van der Waals surface area contributed by atoms with Gasteiger partial charge >= 0.3 is 6.18 Å². The second-order valence-corrected chi connectivity index (χ2v) is 13.0. The number of amides is 1. The molecule has 5 rings (SSSR count). The Hall–Kier alpha value is -3.88. The molecule has 44 heavy (non-hydrogen) atoms. The normalized spacial score (nSPS) is 18.9. The molecule has 1 aliphatic carbocycles. The Balaban J connectivity index is 1.23. The number of carbonyl (C=O) groups is 1. The second-order valence-electron chi connectivity index (χ2n) is 12.1. The van der Waals surface area contributed by atoms with E-state index in [4.69, 9.17) is 20.2 Å². The molecule has 1 saturated heterocycles. The minimum Gasteiger partial charge on any atom is -0.477 e. The van der Waals surface area contributed by atoms with Crippen molar-refractivity contribution in [1.29, 1.82) is 4.78 Å². The zero-order chi connectivity index (χ0) is 31.7. The molecule has 2 aliphatic rings. The summed E-state index contributed by atoms with van der Waals surface area (Å²) in [5, 5.41) is 7.77. The van der Waals surface area contributed by atoms with Crippen LogP contribution < -0.4 is 20.7 Å². The molecule has 0 spiro atoms. The van der Waals surface area contributed by atoms with E-state index in [2.05, 4.69) is 34.1 Å². The molecular weight excluding hydrogens is 597 g/mol. The third-order valence-corrected chi connectivity index (χ3v) is 9.04. The highest BCUT2D eigenvalue weighted by molar-refractivity contribution is 7.73. The highest BCUT2D eigenvalue weighted by atomic mass is 32.2. The van der Waals surface area contributed by atoms with Crippen molar-refractivity contribution in [2.75, 3.05) is 29.9 Å². The number of carbonyl (C=O) groups excluding carboxylic acids is 1. The summed E-state index contributed by atoms with van der Waals surface area (Å²) in [6, 6.07) is 9.84. The van der Waals surface area contributed by atoms with Gasteiger partial charge in [0.05, 0.1) is 17.6 Å². The first kappa shape index (κ1) is 31.5. The predicted octanol–water partition coefficient (Wildman–Crippen LogP) is 5.45. The maximum atomic E-state index is 13.2. The van der Waals surface area contributed by atoms with Crippen LogP contribution in [0.15, 0.2) is 47.6 Å². The van der Waals surface area contributed by atoms with Gasteiger partial charge in [0, 0.05) is 30.9 Å². The third kappa shape index (κ3) is 6.92. The number of anilines is 2.